The number of rotatable bonds is 4. The lowest BCUT2D eigenvalue weighted by Crippen LogP contribution is -2.29. The highest BCUT2D eigenvalue weighted by atomic mass is 16.5. The lowest BCUT2D eigenvalue weighted by atomic mass is 10.1. The number of hydrogen-bond acceptors (Lipinski definition) is 3. The third-order valence-corrected chi connectivity index (χ3v) is 3.60. The molecular weight excluding hydrogens is 264 g/mol. The summed E-state index contributed by atoms with van der Waals surface area (Å²) in [5.74, 6) is 5.73. The molecule has 0 aromatic heterocycles. The van der Waals surface area contributed by atoms with Crippen LogP contribution in [-0.4, -0.2) is 5.91 Å². The summed E-state index contributed by atoms with van der Waals surface area (Å²) in [7, 11) is 0. The van der Waals surface area contributed by atoms with Gasteiger partial charge >= 0.3 is 0 Å². The van der Waals surface area contributed by atoms with E-state index in [0.717, 1.165) is 22.4 Å². The number of aryl methyl sites for hydroxylation is 2. The van der Waals surface area contributed by atoms with Crippen LogP contribution in [0.3, 0.4) is 0 Å². The Balaban J connectivity index is 2.10. The minimum absolute atomic E-state index is 0.298. The van der Waals surface area contributed by atoms with Crippen molar-refractivity contribution in [2.45, 2.75) is 27.4 Å². The van der Waals surface area contributed by atoms with Gasteiger partial charge in [-0.3, -0.25) is 10.2 Å². The third kappa shape index (κ3) is 3.41. The molecule has 1 amide bonds. The van der Waals surface area contributed by atoms with E-state index < -0.39 is 0 Å². The summed E-state index contributed by atoms with van der Waals surface area (Å²) in [5.41, 5.74) is 7.14. The quantitative estimate of drug-likeness (QED) is 0.515. The van der Waals surface area contributed by atoms with Crippen molar-refractivity contribution in [3.8, 4) is 5.75 Å². The Hall–Kier alpha value is -2.33. The van der Waals surface area contributed by atoms with Gasteiger partial charge in [0.05, 0.1) is 0 Å². The fourth-order valence-electron chi connectivity index (χ4n) is 2.14. The second-order valence-electron chi connectivity index (χ2n) is 5.11. The Morgan fingerprint density at radius 1 is 1.05 bits per heavy atom. The van der Waals surface area contributed by atoms with Crippen LogP contribution >= 0.6 is 0 Å². The van der Waals surface area contributed by atoms with E-state index in [4.69, 9.17) is 10.6 Å². The van der Waals surface area contributed by atoms with Crippen LogP contribution in [0, 0.1) is 20.8 Å². The second-order valence-corrected chi connectivity index (χ2v) is 5.11. The molecule has 0 aliphatic rings. The van der Waals surface area contributed by atoms with Crippen molar-refractivity contribution >= 4 is 5.91 Å². The Kier molecular flexibility index (Phi) is 4.60. The number of ether oxygens (including phenoxy) is 1. The molecule has 3 N–H and O–H groups in total. The van der Waals surface area contributed by atoms with Crippen LogP contribution in [0.1, 0.15) is 32.6 Å². The summed E-state index contributed by atoms with van der Waals surface area (Å²) in [4.78, 5) is 11.4. The summed E-state index contributed by atoms with van der Waals surface area (Å²) in [6.07, 6.45) is 0. The maximum absolute atomic E-state index is 11.4. The van der Waals surface area contributed by atoms with E-state index in [1.807, 2.05) is 19.1 Å². The summed E-state index contributed by atoms with van der Waals surface area (Å²) >= 11 is 0. The van der Waals surface area contributed by atoms with Crippen molar-refractivity contribution in [3.63, 3.8) is 0 Å². The van der Waals surface area contributed by atoms with Crippen molar-refractivity contribution in [1.29, 1.82) is 0 Å². The molecular formula is C17H20N2O2. The SMILES string of the molecule is Cc1ccc(C)c(OCc2ccc(C(=O)NN)cc2)c1C. The first-order valence-electron chi connectivity index (χ1n) is 6.82. The molecule has 0 atom stereocenters. The third-order valence-electron chi connectivity index (χ3n) is 3.60. The van der Waals surface area contributed by atoms with Crippen LogP contribution in [0.15, 0.2) is 36.4 Å². The Morgan fingerprint density at radius 3 is 2.29 bits per heavy atom. The highest BCUT2D eigenvalue weighted by Crippen LogP contribution is 2.26. The second kappa shape index (κ2) is 6.41. The van der Waals surface area contributed by atoms with Gasteiger partial charge in [0.15, 0.2) is 0 Å². The molecule has 0 bridgehead atoms. The molecule has 0 aliphatic heterocycles. The zero-order valence-electron chi connectivity index (χ0n) is 12.6. The molecule has 0 fully saturated rings. The predicted octanol–water partition coefficient (Wildman–Crippen LogP) is 2.79. The van der Waals surface area contributed by atoms with Gasteiger partial charge in [0, 0.05) is 5.56 Å². The molecule has 0 saturated heterocycles. The molecule has 0 spiro atoms. The van der Waals surface area contributed by atoms with E-state index >= 15 is 0 Å². The van der Waals surface area contributed by atoms with Gasteiger partial charge in [-0.1, -0.05) is 24.3 Å². The number of carbonyl (C=O) groups is 1. The Bertz CT molecular complexity index is 649. The van der Waals surface area contributed by atoms with Gasteiger partial charge in [0.25, 0.3) is 5.91 Å². The molecule has 21 heavy (non-hydrogen) atoms. The molecule has 2 aromatic carbocycles. The Labute approximate surface area is 124 Å². The first-order valence-corrected chi connectivity index (χ1v) is 6.82. The summed E-state index contributed by atoms with van der Waals surface area (Å²) in [6, 6.07) is 11.4. The van der Waals surface area contributed by atoms with Gasteiger partial charge in [0.2, 0.25) is 0 Å². The van der Waals surface area contributed by atoms with E-state index in [-0.39, 0.29) is 5.91 Å². The van der Waals surface area contributed by atoms with Crippen LogP contribution < -0.4 is 16.0 Å². The van der Waals surface area contributed by atoms with Crippen LogP contribution in [-0.2, 0) is 6.61 Å². The number of hydrazine groups is 1. The van der Waals surface area contributed by atoms with Crippen molar-refractivity contribution in [2.75, 3.05) is 0 Å². The average Bonchev–Trinajstić information content (AvgIpc) is 2.51. The normalized spacial score (nSPS) is 10.3. The van der Waals surface area contributed by atoms with E-state index in [2.05, 4.69) is 31.4 Å². The molecule has 4 nitrogen and oxygen atoms in total. The highest BCUT2D eigenvalue weighted by Gasteiger charge is 2.07. The van der Waals surface area contributed by atoms with E-state index in [0.29, 0.717) is 12.2 Å². The predicted molar refractivity (Wildman–Crippen MR) is 83.1 cm³/mol. The molecule has 0 radical (unpaired) electrons. The maximum Gasteiger partial charge on any atom is 0.265 e. The molecule has 4 heteroatoms. The van der Waals surface area contributed by atoms with Crippen LogP contribution in [0.2, 0.25) is 0 Å². The number of benzene rings is 2. The van der Waals surface area contributed by atoms with Crippen LogP contribution in [0.4, 0.5) is 0 Å². The zero-order valence-corrected chi connectivity index (χ0v) is 12.6. The van der Waals surface area contributed by atoms with Gasteiger partial charge < -0.3 is 4.74 Å². The van der Waals surface area contributed by atoms with Gasteiger partial charge in [0.1, 0.15) is 12.4 Å². The lowest BCUT2D eigenvalue weighted by Gasteiger charge is -2.14. The number of nitrogens with two attached hydrogens (primary N) is 1. The van der Waals surface area contributed by atoms with E-state index in [1.54, 1.807) is 12.1 Å². The average molecular weight is 284 g/mol. The molecule has 0 saturated carbocycles. The minimum atomic E-state index is -0.298. The number of nitrogen functional groups attached to an aromatic ring is 1. The van der Waals surface area contributed by atoms with E-state index in [1.165, 1.54) is 5.56 Å². The smallest absolute Gasteiger partial charge is 0.265 e. The summed E-state index contributed by atoms with van der Waals surface area (Å²) in [6.45, 7) is 6.64. The minimum Gasteiger partial charge on any atom is -0.488 e. The summed E-state index contributed by atoms with van der Waals surface area (Å²) < 4.78 is 5.94. The van der Waals surface area contributed by atoms with Gasteiger partial charge in [-0.05, 0) is 55.2 Å². The maximum atomic E-state index is 11.4. The van der Waals surface area contributed by atoms with Crippen LogP contribution in [0.5, 0.6) is 5.75 Å². The first kappa shape index (κ1) is 15.1. The van der Waals surface area contributed by atoms with Crippen molar-refractivity contribution in [1.82, 2.24) is 5.43 Å². The van der Waals surface area contributed by atoms with E-state index in [9.17, 15) is 4.79 Å². The first-order chi connectivity index (χ1) is 10.0. The topological polar surface area (TPSA) is 64.3 Å². The molecule has 2 rings (SSSR count). The molecule has 0 heterocycles. The monoisotopic (exact) mass is 284 g/mol. The van der Waals surface area contributed by atoms with Crippen molar-refractivity contribution < 1.29 is 9.53 Å². The molecule has 110 valence electrons. The fourth-order valence-corrected chi connectivity index (χ4v) is 2.14. The number of amides is 1. The molecule has 0 aliphatic carbocycles. The number of hydrogen-bond donors (Lipinski definition) is 2. The van der Waals surface area contributed by atoms with Crippen LogP contribution in [0.25, 0.3) is 0 Å². The number of nitrogens with one attached hydrogen (secondary N) is 1. The molecule has 0 unspecified atom stereocenters. The zero-order chi connectivity index (χ0) is 15.4. The van der Waals surface area contributed by atoms with Gasteiger partial charge in [-0.15, -0.1) is 0 Å². The van der Waals surface area contributed by atoms with Gasteiger partial charge in [-0.25, -0.2) is 5.84 Å². The number of carbonyl (C=O) groups excluding carboxylic acids is 1. The van der Waals surface area contributed by atoms with Gasteiger partial charge in [-0.2, -0.15) is 0 Å². The highest BCUT2D eigenvalue weighted by molar-refractivity contribution is 5.93. The lowest BCUT2D eigenvalue weighted by molar-refractivity contribution is 0.0953. The van der Waals surface area contributed by atoms with Crippen molar-refractivity contribution in [2.24, 2.45) is 5.84 Å². The molecule has 2 aromatic rings. The van der Waals surface area contributed by atoms with Crippen molar-refractivity contribution in [3.05, 3.63) is 64.2 Å². The Morgan fingerprint density at radius 2 is 1.67 bits per heavy atom. The summed E-state index contributed by atoms with van der Waals surface area (Å²) in [5, 5.41) is 0. The standard InChI is InChI=1S/C17H20N2O2/c1-11-4-5-12(2)16(13(11)3)21-10-14-6-8-15(9-7-14)17(20)19-18/h4-9H,10,18H2,1-3H3,(H,19,20). The fraction of sp³-hybridized carbons (Fsp3) is 0.235. The largest absolute Gasteiger partial charge is 0.488 e.